The van der Waals surface area contributed by atoms with E-state index in [0.717, 1.165) is 57.1 Å². The van der Waals surface area contributed by atoms with Crippen LogP contribution in [0.25, 0.3) is 22.0 Å². The van der Waals surface area contributed by atoms with E-state index < -0.39 is 5.97 Å². The summed E-state index contributed by atoms with van der Waals surface area (Å²) in [5, 5.41) is 14.4. The van der Waals surface area contributed by atoms with Crippen LogP contribution < -0.4 is 4.90 Å². The van der Waals surface area contributed by atoms with Crippen molar-refractivity contribution in [3.05, 3.63) is 63.8 Å². The number of thiazole rings is 1. The first kappa shape index (κ1) is 19.2. The second-order valence-corrected chi connectivity index (χ2v) is 8.88. The van der Waals surface area contributed by atoms with Gasteiger partial charge >= 0.3 is 5.97 Å². The molecule has 0 atom stereocenters. The zero-order valence-electron chi connectivity index (χ0n) is 16.6. The van der Waals surface area contributed by atoms with Gasteiger partial charge in [0, 0.05) is 40.8 Å². The van der Waals surface area contributed by atoms with Gasteiger partial charge in [-0.1, -0.05) is 23.7 Å². The molecule has 5 nitrogen and oxygen atoms in total. The fourth-order valence-electron chi connectivity index (χ4n) is 4.58. The number of halogens is 1. The van der Waals surface area contributed by atoms with Crippen molar-refractivity contribution in [2.75, 3.05) is 11.4 Å². The SMILES string of the molecule is Cc1c(CC(=O)O)c(-c2ccc(Cl)cc2)c2cc(C)n3c2c1N(c1nccs1)CC3. The van der Waals surface area contributed by atoms with Crippen LogP contribution in [-0.2, 0) is 17.8 Å². The number of benzene rings is 2. The van der Waals surface area contributed by atoms with Gasteiger partial charge in [-0.05, 0) is 54.3 Å². The van der Waals surface area contributed by atoms with Crippen molar-refractivity contribution in [2.45, 2.75) is 26.8 Å². The van der Waals surface area contributed by atoms with Crippen molar-refractivity contribution in [2.24, 2.45) is 0 Å². The van der Waals surface area contributed by atoms with Gasteiger partial charge in [0.1, 0.15) is 0 Å². The Hall–Kier alpha value is -2.83. The molecule has 30 heavy (non-hydrogen) atoms. The van der Waals surface area contributed by atoms with E-state index in [1.165, 1.54) is 5.69 Å². The molecule has 7 heteroatoms. The normalized spacial score (nSPS) is 13.2. The van der Waals surface area contributed by atoms with Crippen molar-refractivity contribution in [3.63, 3.8) is 0 Å². The number of anilines is 2. The summed E-state index contributed by atoms with van der Waals surface area (Å²) in [6.45, 7) is 5.81. The Morgan fingerprint density at radius 2 is 2.00 bits per heavy atom. The minimum atomic E-state index is -0.840. The largest absolute Gasteiger partial charge is 0.481 e. The summed E-state index contributed by atoms with van der Waals surface area (Å²) < 4.78 is 2.34. The van der Waals surface area contributed by atoms with Crippen LogP contribution >= 0.6 is 22.9 Å². The summed E-state index contributed by atoms with van der Waals surface area (Å²) in [5.74, 6) is -0.840. The Morgan fingerprint density at radius 1 is 1.23 bits per heavy atom. The number of aryl methyl sites for hydroxylation is 1. The van der Waals surface area contributed by atoms with E-state index in [2.05, 4.69) is 27.4 Å². The predicted octanol–water partition coefficient (Wildman–Crippen LogP) is 5.81. The first-order chi connectivity index (χ1) is 14.5. The van der Waals surface area contributed by atoms with Crippen molar-refractivity contribution in [3.8, 4) is 11.1 Å². The Labute approximate surface area is 183 Å². The topological polar surface area (TPSA) is 58.4 Å². The molecule has 0 fully saturated rings. The molecular weight excluding hydrogens is 418 g/mol. The van der Waals surface area contributed by atoms with Gasteiger partial charge in [0.25, 0.3) is 0 Å². The van der Waals surface area contributed by atoms with Gasteiger partial charge in [0.15, 0.2) is 5.13 Å². The molecule has 0 unspecified atom stereocenters. The smallest absolute Gasteiger partial charge is 0.307 e. The summed E-state index contributed by atoms with van der Waals surface area (Å²) in [4.78, 5) is 18.6. The molecular formula is C23H20ClN3O2S. The molecule has 5 rings (SSSR count). The van der Waals surface area contributed by atoms with E-state index in [0.29, 0.717) is 5.02 Å². The molecule has 0 saturated heterocycles. The Morgan fingerprint density at radius 3 is 2.67 bits per heavy atom. The Bertz CT molecular complexity index is 1280. The molecule has 152 valence electrons. The molecule has 0 saturated carbocycles. The molecule has 1 aliphatic heterocycles. The molecule has 1 N–H and O–H groups in total. The third kappa shape index (κ3) is 2.90. The van der Waals surface area contributed by atoms with E-state index in [1.54, 1.807) is 11.3 Å². The van der Waals surface area contributed by atoms with E-state index in [-0.39, 0.29) is 6.42 Å². The molecule has 2 aromatic heterocycles. The number of hydrogen-bond acceptors (Lipinski definition) is 4. The van der Waals surface area contributed by atoms with E-state index in [4.69, 9.17) is 11.6 Å². The zero-order valence-corrected chi connectivity index (χ0v) is 18.2. The quantitative estimate of drug-likeness (QED) is 0.437. The average molecular weight is 438 g/mol. The lowest BCUT2D eigenvalue weighted by atomic mass is 9.88. The fourth-order valence-corrected chi connectivity index (χ4v) is 5.38. The highest BCUT2D eigenvalue weighted by atomic mass is 35.5. The van der Waals surface area contributed by atoms with Gasteiger partial charge in [-0.3, -0.25) is 4.79 Å². The van der Waals surface area contributed by atoms with Crippen LogP contribution in [0.2, 0.25) is 5.02 Å². The van der Waals surface area contributed by atoms with Crippen molar-refractivity contribution < 1.29 is 9.90 Å². The van der Waals surface area contributed by atoms with Gasteiger partial charge < -0.3 is 14.6 Å². The van der Waals surface area contributed by atoms with Crippen molar-refractivity contribution >= 4 is 50.6 Å². The van der Waals surface area contributed by atoms with Crippen LogP contribution in [0, 0.1) is 13.8 Å². The second-order valence-electron chi connectivity index (χ2n) is 7.57. The first-order valence-corrected chi connectivity index (χ1v) is 11.0. The zero-order chi connectivity index (χ0) is 21.0. The average Bonchev–Trinajstić information content (AvgIpc) is 3.36. The van der Waals surface area contributed by atoms with Gasteiger partial charge in [-0.15, -0.1) is 11.3 Å². The van der Waals surface area contributed by atoms with Crippen LogP contribution in [0.3, 0.4) is 0 Å². The molecule has 0 radical (unpaired) electrons. The Kier molecular flexibility index (Phi) is 4.56. The van der Waals surface area contributed by atoms with Crippen LogP contribution in [0.5, 0.6) is 0 Å². The lowest BCUT2D eigenvalue weighted by molar-refractivity contribution is -0.136. The number of carbonyl (C=O) groups is 1. The van der Waals surface area contributed by atoms with Crippen LogP contribution in [-0.4, -0.2) is 27.2 Å². The standard InChI is InChI=1S/C23H20ClN3O2S/c1-13-11-18-20(15-3-5-16(24)6-4-15)17(12-19(28)29)14(2)21-22(18)26(13)8-9-27(21)23-25-7-10-30-23/h3-7,10-11H,8-9,12H2,1-2H3,(H,28,29). The van der Waals surface area contributed by atoms with E-state index >= 15 is 0 Å². The summed E-state index contributed by atoms with van der Waals surface area (Å²) >= 11 is 7.72. The molecule has 1 aliphatic rings. The third-order valence-corrected chi connectivity index (χ3v) is 6.88. The summed E-state index contributed by atoms with van der Waals surface area (Å²) in [5.41, 5.74) is 7.17. The number of hydrogen-bond donors (Lipinski definition) is 1. The Balaban J connectivity index is 1.89. The van der Waals surface area contributed by atoms with Gasteiger partial charge in [0.2, 0.25) is 0 Å². The van der Waals surface area contributed by atoms with Crippen LogP contribution in [0.4, 0.5) is 10.8 Å². The molecule has 4 aromatic rings. The summed E-state index contributed by atoms with van der Waals surface area (Å²) in [6, 6.07) is 9.83. The maximum absolute atomic E-state index is 11.8. The summed E-state index contributed by atoms with van der Waals surface area (Å²) in [6.07, 6.45) is 1.77. The number of carboxylic acid groups (broad SMARTS) is 1. The van der Waals surface area contributed by atoms with E-state index in [9.17, 15) is 9.90 Å². The summed E-state index contributed by atoms with van der Waals surface area (Å²) in [7, 11) is 0. The monoisotopic (exact) mass is 437 g/mol. The predicted molar refractivity (Wildman–Crippen MR) is 122 cm³/mol. The molecule has 0 aliphatic carbocycles. The minimum absolute atomic E-state index is 0.0390. The number of nitrogens with zero attached hydrogens (tertiary/aromatic N) is 3. The molecule has 0 spiro atoms. The molecule has 2 aromatic carbocycles. The highest BCUT2D eigenvalue weighted by Gasteiger charge is 2.30. The number of rotatable bonds is 4. The number of aromatic nitrogens is 2. The van der Waals surface area contributed by atoms with Crippen molar-refractivity contribution in [1.82, 2.24) is 9.55 Å². The highest BCUT2D eigenvalue weighted by Crippen LogP contribution is 2.47. The lowest BCUT2D eigenvalue weighted by Crippen LogP contribution is -2.29. The molecule has 0 amide bonds. The maximum Gasteiger partial charge on any atom is 0.307 e. The van der Waals surface area contributed by atoms with Gasteiger partial charge in [-0.25, -0.2) is 4.98 Å². The number of carboxylic acids is 1. The highest BCUT2D eigenvalue weighted by molar-refractivity contribution is 7.13. The lowest BCUT2D eigenvalue weighted by Gasteiger charge is -2.32. The molecule has 0 bridgehead atoms. The number of aliphatic carboxylic acids is 1. The van der Waals surface area contributed by atoms with Crippen LogP contribution in [0.15, 0.2) is 41.9 Å². The minimum Gasteiger partial charge on any atom is -0.481 e. The fraction of sp³-hybridized carbons (Fsp3) is 0.217. The maximum atomic E-state index is 11.8. The second kappa shape index (κ2) is 7.15. The van der Waals surface area contributed by atoms with E-state index in [1.807, 2.05) is 42.8 Å². The van der Waals surface area contributed by atoms with Crippen molar-refractivity contribution in [1.29, 1.82) is 0 Å². The van der Waals surface area contributed by atoms with Crippen LogP contribution in [0.1, 0.15) is 16.8 Å². The molecule has 3 heterocycles. The van der Waals surface area contributed by atoms with Gasteiger partial charge in [-0.2, -0.15) is 0 Å². The first-order valence-electron chi connectivity index (χ1n) is 9.75. The van der Waals surface area contributed by atoms with Gasteiger partial charge in [0.05, 0.1) is 17.6 Å². The third-order valence-electron chi connectivity index (χ3n) is 5.84.